The highest BCUT2D eigenvalue weighted by atomic mass is 14.4. The fourth-order valence-corrected chi connectivity index (χ4v) is 5.20. The molecule has 0 bridgehead atoms. The lowest BCUT2D eigenvalue weighted by Gasteiger charge is -2.41. The van der Waals surface area contributed by atoms with Gasteiger partial charge in [-0.1, -0.05) is 110 Å². The van der Waals surface area contributed by atoms with E-state index in [9.17, 15) is 0 Å². The van der Waals surface area contributed by atoms with Gasteiger partial charge >= 0.3 is 0 Å². The SMILES string of the molecule is c1ccc(CCC(CC2(c3ccccc3)CCCCC2)c2ccccc2)cc1. The van der Waals surface area contributed by atoms with Gasteiger partial charge in [0.2, 0.25) is 0 Å². The molecule has 144 valence electrons. The van der Waals surface area contributed by atoms with Crippen LogP contribution in [0.15, 0.2) is 91.0 Å². The van der Waals surface area contributed by atoms with Crippen LogP contribution in [0.5, 0.6) is 0 Å². The molecule has 1 aliphatic rings. The summed E-state index contributed by atoms with van der Waals surface area (Å²) in [5, 5.41) is 0. The van der Waals surface area contributed by atoms with Crippen molar-refractivity contribution in [3.8, 4) is 0 Å². The fraction of sp³-hybridized carbons (Fsp3) is 0.357. The molecule has 0 nitrogen and oxygen atoms in total. The van der Waals surface area contributed by atoms with E-state index in [4.69, 9.17) is 0 Å². The van der Waals surface area contributed by atoms with Crippen LogP contribution < -0.4 is 0 Å². The van der Waals surface area contributed by atoms with Gasteiger partial charge in [-0.15, -0.1) is 0 Å². The molecule has 0 radical (unpaired) electrons. The van der Waals surface area contributed by atoms with Gasteiger partial charge in [-0.05, 0) is 60.1 Å². The summed E-state index contributed by atoms with van der Waals surface area (Å²) in [4.78, 5) is 0. The van der Waals surface area contributed by atoms with Gasteiger partial charge in [0.25, 0.3) is 0 Å². The van der Waals surface area contributed by atoms with Gasteiger partial charge in [-0.3, -0.25) is 0 Å². The van der Waals surface area contributed by atoms with Gasteiger partial charge in [0, 0.05) is 0 Å². The van der Waals surface area contributed by atoms with E-state index in [-0.39, 0.29) is 0 Å². The number of benzene rings is 3. The lowest BCUT2D eigenvalue weighted by atomic mass is 9.64. The third-order valence-corrected chi connectivity index (χ3v) is 6.73. The maximum absolute atomic E-state index is 2.38. The van der Waals surface area contributed by atoms with E-state index in [0.29, 0.717) is 11.3 Å². The Balaban J connectivity index is 1.61. The van der Waals surface area contributed by atoms with Gasteiger partial charge in [-0.25, -0.2) is 0 Å². The average molecular weight is 369 g/mol. The number of rotatable bonds is 7. The van der Waals surface area contributed by atoms with Crippen molar-refractivity contribution in [2.45, 2.75) is 62.7 Å². The standard InChI is InChI=1S/C28H32/c1-5-13-24(14-6-1)19-20-26(25-15-7-2-8-16-25)23-28(21-11-4-12-22-28)27-17-9-3-10-18-27/h1-3,5-10,13-18,26H,4,11-12,19-23H2. The van der Waals surface area contributed by atoms with Gasteiger partial charge in [0.05, 0.1) is 0 Å². The first kappa shape index (κ1) is 19.0. The molecule has 3 aromatic rings. The Morgan fingerprint density at radius 2 is 1.21 bits per heavy atom. The molecule has 0 N–H and O–H groups in total. The molecule has 1 saturated carbocycles. The summed E-state index contributed by atoms with van der Waals surface area (Å²) in [7, 11) is 0. The predicted octanol–water partition coefficient (Wildman–Crippen LogP) is 7.70. The first-order chi connectivity index (χ1) is 13.9. The van der Waals surface area contributed by atoms with E-state index in [1.54, 1.807) is 5.56 Å². The summed E-state index contributed by atoms with van der Waals surface area (Å²) in [6.07, 6.45) is 10.5. The zero-order chi connectivity index (χ0) is 19.1. The van der Waals surface area contributed by atoms with E-state index < -0.39 is 0 Å². The Kier molecular flexibility index (Phi) is 6.27. The van der Waals surface area contributed by atoms with Gasteiger partial charge in [0.15, 0.2) is 0 Å². The van der Waals surface area contributed by atoms with Gasteiger partial charge in [0.1, 0.15) is 0 Å². The highest BCUT2D eigenvalue weighted by molar-refractivity contribution is 5.29. The summed E-state index contributed by atoms with van der Waals surface area (Å²) < 4.78 is 0. The van der Waals surface area contributed by atoms with Crippen molar-refractivity contribution in [1.82, 2.24) is 0 Å². The van der Waals surface area contributed by atoms with Crippen LogP contribution in [0.1, 0.15) is 67.6 Å². The van der Waals surface area contributed by atoms with Crippen molar-refractivity contribution in [3.05, 3.63) is 108 Å². The van der Waals surface area contributed by atoms with Gasteiger partial charge < -0.3 is 0 Å². The molecule has 1 atom stereocenters. The second-order valence-corrected chi connectivity index (χ2v) is 8.54. The Morgan fingerprint density at radius 3 is 1.86 bits per heavy atom. The van der Waals surface area contributed by atoms with Crippen molar-refractivity contribution < 1.29 is 0 Å². The summed E-state index contributed by atoms with van der Waals surface area (Å²) in [6.45, 7) is 0. The van der Waals surface area contributed by atoms with Crippen LogP contribution in [0.2, 0.25) is 0 Å². The normalized spacial score (nSPS) is 17.1. The second kappa shape index (κ2) is 9.24. The molecule has 4 rings (SSSR count). The smallest absolute Gasteiger partial charge is 0.00412 e. The minimum absolute atomic E-state index is 0.344. The summed E-state index contributed by atoms with van der Waals surface area (Å²) >= 11 is 0. The average Bonchev–Trinajstić information content (AvgIpc) is 2.79. The molecule has 3 aromatic carbocycles. The Hall–Kier alpha value is -2.34. The van der Waals surface area contributed by atoms with Crippen molar-refractivity contribution in [3.63, 3.8) is 0 Å². The Labute approximate surface area is 170 Å². The van der Waals surface area contributed by atoms with Crippen LogP contribution >= 0.6 is 0 Å². The number of aryl methyl sites for hydroxylation is 1. The van der Waals surface area contributed by atoms with Crippen LogP contribution in [0.4, 0.5) is 0 Å². The molecule has 1 fully saturated rings. The highest BCUT2D eigenvalue weighted by Gasteiger charge is 2.36. The monoisotopic (exact) mass is 368 g/mol. The molecule has 1 unspecified atom stereocenters. The molecule has 0 spiro atoms. The molecular formula is C28H32. The lowest BCUT2D eigenvalue weighted by Crippen LogP contribution is -2.31. The van der Waals surface area contributed by atoms with Crippen LogP contribution in [0, 0.1) is 0 Å². The molecule has 28 heavy (non-hydrogen) atoms. The number of hydrogen-bond donors (Lipinski definition) is 0. The Morgan fingerprint density at radius 1 is 0.643 bits per heavy atom. The number of hydrogen-bond acceptors (Lipinski definition) is 0. The minimum Gasteiger partial charge on any atom is -0.0622 e. The zero-order valence-corrected chi connectivity index (χ0v) is 16.9. The molecule has 0 amide bonds. The third kappa shape index (κ3) is 4.55. The molecule has 0 heteroatoms. The topological polar surface area (TPSA) is 0 Å². The first-order valence-corrected chi connectivity index (χ1v) is 11.0. The molecule has 0 aromatic heterocycles. The molecule has 0 saturated heterocycles. The quantitative estimate of drug-likeness (QED) is 0.401. The summed E-state index contributed by atoms with van der Waals surface area (Å²) in [5.41, 5.74) is 4.88. The van der Waals surface area contributed by atoms with Crippen molar-refractivity contribution in [1.29, 1.82) is 0 Å². The second-order valence-electron chi connectivity index (χ2n) is 8.54. The molecular weight excluding hydrogens is 336 g/mol. The maximum atomic E-state index is 2.38. The zero-order valence-electron chi connectivity index (χ0n) is 16.9. The molecule has 1 aliphatic carbocycles. The van der Waals surface area contributed by atoms with Crippen LogP contribution in [0.3, 0.4) is 0 Å². The van der Waals surface area contributed by atoms with E-state index in [2.05, 4.69) is 91.0 Å². The van der Waals surface area contributed by atoms with Crippen LogP contribution in [0.25, 0.3) is 0 Å². The lowest BCUT2D eigenvalue weighted by molar-refractivity contribution is 0.252. The predicted molar refractivity (Wildman–Crippen MR) is 120 cm³/mol. The Bertz CT molecular complexity index is 814. The van der Waals surface area contributed by atoms with E-state index >= 15 is 0 Å². The highest BCUT2D eigenvalue weighted by Crippen LogP contribution is 2.47. The largest absolute Gasteiger partial charge is 0.0622 e. The van der Waals surface area contributed by atoms with E-state index in [1.807, 2.05) is 0 Å². The van der Waals surface area contributed by atoms with E-state index in [0.717, 1.165) is 6.42 Å². The molecule has 0 aliphatic heterocycles. The summed E-state index contributed by atoms with van der Waals surface area (Å²) in [6, 6.07) is 33.6. The summed E-state index contributed by atoms with van der Waals surface area (Å²) in [5.74, 6) is 0.611. The fourth-order valence-electron chi connectivity index (χ4n) is 5.20. The van der Waals surface area contributed by atoms with Crippen molar-refractivity contribution in [2.24, 2.45) is 0 Å². The van der Waals surface area contributed by atoms with E-state index in [1.165, 1.54) is 56.1 Å². The maximum Gasteiger partial charge on any atom is -0.00412 e. The van der Waals surface area contributed by atoms with Crippen LogP contribution in [-0.4, -0.2) is 0 Å². The third-order valence-electron chi connectivity index (χ3n) is 6.73. The van der Waals surface area contributed by atoms with Crippen LogP contribution in [-0.2, 0) is 11.8 Å². The van der Waals surface area contributed by atoms with Crippen molar-refractivity contribution >= 4 is 0 Å². The minimum atomic E-state index is 0.344. The van der Waals surface area contributed by atoms with Gasteiger partial charge in [-0.2, -0.15) is 0 Å². The molecule has 0 heterocycles. The van der Waals surface area contributed by atoms with Crippen molar-refractivity contribution in [2.75, 3.05) is 0 Å². The first-order valence-electron chi connectivity index (χ1n) is 11.0.